The molecule has 34 heavy (non-hydrogen) atoms. The molecule has 0 spiro atoms. The number of amidine groups is 1. The van der Waals surface area contributed by atoms with Gasteiger partial charge in [0.15, 0.2) is 0 Å². The van der Waals surface area contributed by atoms with Crippen LogP contribution >= 0.6 is 0 Å². The first kappa shape index (κ1) is 23.8. The van der Waals surface area contributed by atoms with Crippen molar-refractivity contribution in [3.8, 4) is 12.3 Å². The summed E-state index contributed by atoms with van der Waals surface area (Å²) in [5.41, 5.74) is 10.0. The van der Waals surface area contributed by atoms with Gasteiger partial charge in [0.1, 0.15) is 5.84 Å². The summed E-state index contributed by atoms with van der Waals surface area (Å²) in [7, 11) is 1.83. The van der Waals surface area contributed by atoms with Crippen LogP contribution in [0.5, 0.6) is 0 Å². The molecule has 4 rings (SSSR count). The molecule has 2 aliphatic rings. The van der Waals surface area contributed by atoms with Gasteiger partial charge >= 0.3 is 0 Å². The normalized spacial score (nSPS) is 17.9. The third-order valence-electron chi connectivity index (χ3n) is 6.69. The van der Waals surface area contributed by atoms with Gasteiger partial charge in [-0.2, -0.15) is 0 Å². The smallest absolute Gasteiger partial charge is 0.238 e. The molecule has 2 aliphatic heterocycles. The van der Waals surface area contributed by atoms with Crippen molar-refractivity contribution in [3.05, 3.63) is 53.6 Å². The van der Waals surface area contributed by atoms with Crippen LogP contribution in [0.4, 0.5) is 17.1 Å². The first-order valence-corrected chi connectivity index (χ1v) is 12.0. The van der Waals surface area contributed by atoms with Crippen LogP contribution in [0, 0.1) is 12.3 Å². The number of anilines is 2. The number of amides is 1. The topological polar surface area (TPSA) is 86.0 Å². The first-order valence-electron chi connectivity index (χ1n) is 12.0. The summed E-state index contributed by atoms with van der Waals surface area (Å²) in [6, 6.07) is 13.7. The van der Waals surface area contributed by atoms with Crippen LogP contribution in [0.2, 0.25) is 0 Å². The maximum absolute atomic E-state index is 12.8. The number of terminal acetylenes is 1. The van der Waals surface area contributed by atoms with Crippen LogP contribution < -0.4 is 16.4 Å². The largest absolute Gasteiger partial charge is 0.388 e. The van der Waals surface area contributed by atoms with Crippen molar-refractivity contribution in [2.24, 2.45) is 10.7 Å². The number of nitrogens with two attached hydrogens (primary N) is 1. The van der Waals surface area contributed by atoms with E-state index in [9.17, 15) is 4.79 Å². The SMILES string of the molecule is C#Cc1cccc(N=C(N)c2cc(NC(=O)CN3CCC(N4CCCC4)CC3)ccc2NC)c1. The van der Waals surface area contributed by atoms with Gasteiger partial charge in [-0.05, 0) is 75.2 Å². The fraction of sp³-hybridized carbons (Fsp3) is 0.407. The van der Waals surface area contributed by atoms with E-state index in [-0.39, 0.29) is 5.91 Å². The van der Waals surface area contributed by atoms with Crippen LogP contribution in [-0.2, 0) is 4.79 Å². The Morgan fingerprint density at radius 1 is 1.15 bits per heavy atom. The molecular weight excluding hydrogens is 424 g/mol. The summed E-state index contributed by atoms with van der Waals surface area (Å²) in [6.07, 6.45) is 10.4. The zero-order valence-corrected chi connectivity index (χ0v) is 19.9. The van der Waals surface area contributed by atoms with Crippen molar-refractivity contribution in [3.63, 3.8) is 0 Å². The van der Waals surface area contributed by atoms with Crippen LogP contribution in [0.15, 0.2) is 47.5 Å². The molecule has 0 aromatic heterocycles. The molecule has 2 fully saturated rings. The molecule has 0 aliphatic carbocycles. The lowest BCUT2D eigenvalue weighted by atomic mass is 10.0. The Hall–Kier alpha value is -3.34. The summed E-state index contributed by atoms with van der Waals surface area (Å²) in [6.45, 7) is 4.80. The zero-order valence-electron chi connectivity index (χ0n) is 19.9. The van der Waals surface area contributed by atoms with Gasteiger partial charge in [0.05, 0.1) is 12.2 Å². The van der Waals surface area contributed by atoms with Crippen molar-refractivity contribution in [1.82, 2.24) is 9.80 Å². The minimum atomic E-state index is -0.0139. The molecule has 0 bridgehead atoms. The highest BCUT2D eigenvalue weighted by atomic mass is 16.2. The van der Waals surface area contributed by atoms with Gasteiger partial charge in [-0.25, -0.2) is 4.99 Å². The number of nitrogens with zero attached hydrogens (tertiary/aromatic N) is 3. The van der Waals surface area contributed by atoms with E-state index in [2.05, 4.69) is 31.3 Å². The molecule has 0 atom stereocenters. The highest BCUT2D eigenvalue weighted by Crippen LogP contribution is 2.24. The molecule has 0 saturated carbocycles. The number of hydrogen-bond acceptors (Lipinski definition) is 5. The van der Waals surface area contributed by atoms with Crippen LogP contribution in [0.1, 0.15) is 36.8 Å². The number of carbonyl (C=O) groups is 1. The van der Waals surface area contributed by atoms with Gasteiger partial charge < -0.3 is 21.3 Å². The number of benzene rings is 2. The molecule has 0 radical (unpaired) electrons. The average Bonchev–Trinajstić information content (AvgIpc) is 3.39. The Labute approximate surface area is 202 Å². The van der Waals surface area contributed by atoms with Gasteiger partial charge in [-0.1, -0.05) is 12.0 Å². The lowest BCUT2D eigenvalue weighted by Gasteiger charge is -2.36. The Morgan fingerprint density at radius 2 is 1.91 bits per heavy atom. The highest BCUT2D eigenvalue weighted by Gasteiger charge is 2.27. The first-order chi connectivity index (χ1) is 16.6. The molecule has 0 unspecified atom stereocenters. The summed E-state index contributed by atoms with van der Waals surface area (Å²) in [4.78, 5) is 22.2. The second-order valence-electron chi connectivity index (χ2n) is 9.00. The Morgan fingerprint density at radius 3 is 2.62 bits per heavy atom. The van der Waals surface area contributed by atoms with Crippen molar-refractivity contribution in [2.75, 3.05) is 50.4 Å². The molecule has 7 heteroatoms. The summed E-state index contributed by atoms with van der Waals surface area (Å²) in [5.74, 6) is 2.94. The minimum absolute atomic E-state index is 0.0139. The molecule has 7 nitrogen and oxygen atoms in total. The fourth-order valence-electron chi connectivity index (χ4n) is 4.87. The third kappa shape index (κ3) is 5.96. The standard InChI is InChI=1S/C27H34N6O/c1-3-20-7-6-8-21(17-20)31-27(28)24-18-22(9-10-25(24)29-2)30-26(34)19-32-15-11-23(12-16-32)33-13-4-5-14-33/h1,6-10,17-18,23,29H,4-5,11-16,19H2,2H3,(H2,28,31)(H,30,34). The van der Waals surface area contributed by atoms with Crippen molar-refractivity contribution >= 4 is 28.8 Å². The Bertz CT molecular complexity index is 1070. The zero-order chi connectivity index (χ0) is 23.9. The van der Waals surface area contributed by atoms with E-state index >= 15 is 0 Å². The summed E-state index contributed by atoms with van der Waals surface area (Å²) in [5, 5.41) is 6.17. The lowest BCUT2D eigenvalue weighted by Crippen LogP contribution is -2.45. The number of nitrogens with one attached hydrogen (secondary N) is 2. The molecular formula is C27H34N6O. The van der Waals surface area contributed by atoms with Crippen molar-refractivity contribution in [2.45, 2.75) is 31.7 Å². The van der Waals surface area contributed by atoms with E-state index < -0.39 is 0 Å². The summed E-state index contributed by atoms with van der Waals surface area (Å²) < 4.78 is 0. The van der Waals surface area contributed by atoms with Gasteiger partial charge in [-0.3, -0.25) is 9.69 Å². The van der Waals surface area contributed by atoms with Crippen LogP contribution in [0.3, 0.4) is 0 Å². The predicted octanol–water partition coefficient (Wildman–Crippen LogP) is 3.25. The number of hydrogen-bond donors (Lipinski definition) is 3. The Balaban J connectivity index is 1.38. The number of likely N-dealkylation sites (tertiary alicyclic amines) is 2. The van der Waals surface area contributed by atoms with Crippen molar-refractivity contribution in [1.29, 1.82) is 0 Å². The molecule has 2 heterocycles. The van der Waals surface area contributed by atoms with Gasteiger partial charge in [-0.15, -0.1) is 6.42 Å². The number of carbonyl (C=O) groups excluding carboxylic acids is 1. The maximum Gasteiger partial charge on any atom is 0.238 e. The van der Waals surface area contributed by atoms with E-state index in [4.69, 9.17) is 12.2 Å². The molecule has 178 valence electrons. The van der Waals surface area contributed by atoms with Crippen LogP contribution in [-0.4, -0.2) is 67.4 Å². The van der Waals surface area contributed by atoms with Gasteiger partial charge in [0.25, 0.3) is 0 Å². The maximum atomic E-state index is 12.8. The molecule has 1 amide bonds. The minimum Gasteiger partial charge on any atom is -0.388 e. The monoisotopic (exact) mass is 458 g/mol. The predicted molar refractivity (Wildman–Crippen MR) is 140 cm³/mol. The van der Waals surface area contributed by atoms with Gasteiger partial charge in [0, 0.05) is 48.7 Å². The number of rotatable bonds is 7. The van der Waals surface area contributed by atoms with E-state index in [1.54, 1.807) is 0 Å². The summed E-state index contributed by atoms with van der Waals surface area (Å²) >= 11 is 0. The highest BCUT2D eigenvalue weighted by molar-refractivity contribution is 6.05. The fourth-order valence-corrected chi connectivity index (χ4v) is 4.87. The van der Waals surface area contributed by atoms with E-state index in [0.29, 0.717) is 29.8 Å². The van der Waals surface area contributed by atoms with E-state index in [0.717, 1.165) is 42.7 Å². The third-order valence-corrected chi connectivity index (χ3v) is 6.69. The molecule has 2 aromatic carbocycles. The molecule has 4 N–H and O–H groups in total. The second kappa shape index (κ2) is 11.2. The number of piperidine rings is 1. The quantitative estimate of drug-likeness (QED) is 0.337. The number of aliphatic imine (C=N–C) groups is 1. The van der Waals surface area contributed by atoms with Gasteiger partial charge in [0.2, 0.25) is 5.91 Å². The van der Waals surface area contributed by atoms with E-state index in [1.165, 1.54) is 25.9 Å². The lowest BCUT2D eigenvalue weighted by molar-refractivity contribution is -0.117. The molecule has 2 aromatic rings. The van der Waals surface area contributed by atoms with E-state index in [1.807, 2.05) is 49.5 Å². The molecule has 2 saturated heterocycles. The Kier molecular flexibility index (Phi) is 7.84. The van der Waals surface area contributed by atoms with Crippen LogP contribution in [0.25, 0.3) is 0 Å². The average molecular weight is 459 g/mol. The van der Waals surface area contributed by atoms with Crippen molar-refractivity contribution < 1.29 is 4.79 Å². The second-order valence-corrected chi connectivity index (χ2v) is 9.00.